The number of benzene rings is 4. The fourth-order valence-corrected chi connectivity index (χ4v) is 6.14. The maximum absolute atomic E-state index is 6.60. The average Bonchev–Trinajstić information content (AvgIpc) is 3.11. The lowest BCUT2D eigenvalue weighted by Gasteiger charge is -2.24. The molecule has 0 spiro atoms. The highest BCUT2D eigenvalue weighted by Crippen LogP contribution is 2.39. The van der Waals surface area contributed by atoms with Crippen LogP contribution in [0.25, 0.3) is 11.6 Å². The molecule has 5 nitrogen and oxygen atoms in total. The summed E-state index contributed by atoms with van der Waals surface area (Å²) in [6.45, 7) is 5.32. The van der Waals surface area contributed by atoms with Crippen molar-refractivity contribution in [2.45, 2.75) is 31.8 Å². The Kier molecular flexibility index (Phi) is 10.3. The van der Waals surface area contributed by atoms with E-state index in [0.29, 0.717) is 6.42 Å². The Bertz CT molecular complexity index is 1860. The number of allylic oxidation sites excluding steroid dienone is 6. The van der Waals surface area contributed by atoms with Crippen LogP contribution in [0.1, 0.15) is 46.0 Å². The van der Waals surface area contributed by atoms with Crippen molar-refractivity contribution in [3.63, 3.8) is 0 Å². The van der Waals surface area contributed by atoms with E-state index < -0.39 is 0 Å². The summed E-state index contributed by atoms with van der Waals surface area (Å²) >= 11 is 0. The van der Waals surface area contributed by atoms with Crippen LogP contribution in [0.2, 0.25) is 0 Å². The number of nitrogens with one attached hydrogen (secondary N) is 2. The molecule has 236 valence electrons. The van der Waals surface area contributed by atoms with Gasteiger partial charge in [-0.3, -0.25) is 4.99 Å². The molecule has 0 saturated heterocycles. The molecule has 0 aromatic heterocycles. The minimum absolute atomic E-state index is 0.266. The van der Waals surface area contributed by atoms with E-state index in [1.165, 1.54) is 11.1 Å². The van der Waals surface area contributed by atoms with Gasteiger partial charge in [0.1, 0.15) is 6.17 Å². The first kappa shape index (κ1) is 31.6. The largest absolute Gasteiger partial charge is 0.398 e. The average molecular weight is 618 g/mol. The number of anilines is 2. The molecule has 47 heavy (non-hydrogen) atoms. The van der Waals surface area contributed by atoms with Crippen LogP contribution in [0, 0.1) is 5.92 Å². The number of hydrogen-bond acceptors (Lipinski definition) is 5. The molecule has 1 aliphatic heterocycles. The standard InChI is InChI=1S/C42H43N5/c1-30(37-23-22-35-19-11-26-45-40(35)41(37)46-27-25-33-14-8-9-20-38(33)43)28-32-13-10-12-31(29-32)21-24-39(34-15-4-2-5-16-34)47-42(44)36-17-6-3-7-18-36/h2-15,17-20,22-24,27,29,34,42,45,47H,1,16,21,25-26,28,43-44H2/b39-24-,46-27?. The molecule has 0 amide bonds. The van der Waals surface area contributed by atoms with Crippen molar-refractivity contribution in [2.24, 2.45) is 16.6 Å². The molecule has 1 aliphatic carbocycles. The normalized spacial score (nSPS) is 16.1. The highest BCUT2D eigenvalue weighted by Gasteiger charge is 2.17. The molecule has 1 heterocycles. The van der Waals surface area contributed by atoms with Crippen molar-refractivity contribution in [3.8, 4) is 0 Å². The lowest BCUT2D eigenvalue weighted by Crippen LogP contribution is -2.31. The van der Waals surface area contributed by atoms with Crippen LogP contribution in [0.15, 0.2) is 145 Å². The molecule has 0 saturated carbocycles. The Morgan fingerprint density at radius 2 is 1.77 bits per heavy atom. The van der Waals surface area contributed by atoms with Gasteiger partial charge in [0, 0.05) is 42.0 Å². The van der Waals surface area contributed by atoms with Crippen LogP contribution in [0.4, 0.5) is 17.1 Å². The van der Waals surface area contributed by atoms with Crippen molar-refractivity contribution in [3.05, 3.63) is 173 Å². The molecule has 6 rings (SSSR count). The predicted octanol–water partition coefficient (Wildman–Crippen LogP) is 8.71. The summed E-state index contributed by atoms with van der Waals surface area (Å²) in [6.07, 6.45) is 20.1. The zero-order valence-corrected chi connectivity index (χ0v) is 26.8. The topological polar surface area (TPSA) is 88.5 Å². The number of nitrogen functional groups attached to an aromatic ring is 1. The van der Waals surface area contributed by atoms with E-state index in [2.05, 4.69) is 108 Å². The summed E-state index contributed by atoms with van der Waals surface area (Å²) in [5, 5.41) is 7.15. The smallest absolute Gasteiger partial charge is 0.100 e. The molecular formula is C42H43N5. The van der Waals surface area contributed by atoms with Gasteiger partial charge >= 0.3 is 0 Å². The van der Waals surface area contributed by atoms with E-state index in [1.807, 2.05) is 48.7 Å². The van der Waals surface area contributed by atoms with Gasteiger partial charge in [-0.15, -0.1) is 0 Å². The molecule has 4 aromatic rings. The SMILES string of the molecule is C=C(Cc1cccc(C/C=C(\NC(N)c2ccccc2)C2C=CC=CC2)c1)c1ccc2c(c1N=CCc1ccccc1N)NCC=C2. The summed E-state index contributed by atoms with van der Waals surface area (Å²) < 4.78 is 0. The first-order valence-corrected chi connectivity index (χ1v) is 16.3. The summed E-state index contributed by atoms with van der Waals surface area (Å²) in [4.78, 5) is 5.00. The van der Waals surface area contributed by atoms with Gasteiger partial charge in [-0.1, -0.05) is 134 Å². The minimum atomic E-state index is -0.278. The number of fused-ring (bicyclic) bond motifs is 1. The van der Waals surface area contributed by atoms with Crippen LogP contribution in [-0.2, 0) is 19.3 Å². The van der Waals surface area contributed by atoms with Gasteiger partial charge in [-0.25, -0.2) is 0 Å². The van der Waals surface area contributed by atoms with E-state index in [0.717, 1.165) is 76.4 Å². The highest BCUT2D eigenvalue weighted by molar-refractivity contribution is 5.91. The first-order chi connectivity index (χ1) is 23.0. The number of nitrogens with two attached hydrogens (primary N) is 2. The lowest BCUT2D eigenvalue weighted by atomic mass is 9.93. The molecule has 6 N–H and O–H groups in total. The number of hydrogen-bond donors (Lipinski definition) is 4. The van der Waals surface area contributed by atoms with Gasteiger partial charge in [0.15, 0.2) is 0 Å². The molecule has 5 heteroatoms. The van der Waals surface area contributed by atoms with Gasteiger partial charge in [-0.2, -0.15) is 0 Å². The Balaban J connectivity index is 1.20. The number of aliphatic imine (C=N–C) groups is 1. The van der Waals surface area contributed by atoms with Crippen molar-refractivity contribution in [1.29, 1.82) is 0 Å². The number of para-hydroxylation sites is 1. The summed E-state index contributed by atoms with van der Waals surface area (Å²) in [7, 11) is 0. The van der Waals surface area contributed by atoms with Crippen molar-refractivity contribution < 1.29 is 0 Å². The molecule has 0 fully saturated rings. The second-order valence-electron chi connectivity index (χ2n) is 12.1. The van der Waals surface area contributed by atoms with E-state index in [9.17, 15) is 0 Å². The molecule has 0 bridgehead atoms. The van der Waals surface area contributed by atoms with E-state index >= 15 is 0 Å². The van der Waals surface area contributed by atoms with Crippen molar-refractivity contribution >= 4 is 34.9 Å². The Labute approximate surface area is 278 Å². The van der Waals surface area contributed by atoms with Crippen LogP contribution >= 0.6 is 0 Å². The highest BCUT2D eigenvalue weighted by atomic mass is 15.0. The second-order valence-corrected chi connectivity index (χ2v) is 12.1. The Hall–Kier alpha value is -5.39. The van der Waals surface area contributed by atoms with Gasteiger partial charge in [0.25, 0.3) is 0 Å². The van der Waals surface area contributed by atoms with E-state index in [4.69, 9.17) is 16.5 Å². The third-order valence-corrected chi connectivity index (χ3v) is 8.70. The van der Waals surface area contributed by atoms with Gasteiger partial charge in [0.2, 0.25) is 0 Å². The molecule has 0 radical (unpaired) electrons. The van der Waals surface area contributed by atoms with E-state index in [1.54, 1.807) is 0 Å². The third-order valence-electron chi connectivity index (χ3n) is 8.70. The second kappa shape index (κ2) is 15.3. The Morgan fingerprint density at radius 3 is 2.60 bits per heavy atom. The summed E-state index contributed by atoms with van der Waals surface area (Å²) in [6, 6.07) is 31.2. The maximum atomic E-state index is 6.60. The third kappa shape index (κ3) is 8.07. The fraction of sp³-hybridized carbons (Fsp3) is 0.167. The van der Waals surface area contributed by atoms with Gasteiger partial charge < -0.3 is 22.1 Å². The molecule has 2 atom stereocenters. The first-order valence-electron chi connectivity index (χ1n) is 16.3. The molecular weight excluding hydrogens is 574 g/mol. The number of rotatable bonds is 12. The van der Waals surface area contributed by atoms with E-state index in [-0.39, 0.29) is 12.1 Å². The zero-order valence-electron chi connectivity index (χ0n) is 26.8. The molecule has 2 unspecified atom stereocenters. The van der Waals surface area contributed by atoms with Gasteiger partial charge in [-0.05, 0) is 58.7 Å². The summed E-state index contributed by atoms with van der Waals surface area (Å²) in [5.41, 5.74) is 24.5. The van der Waals surface area contributed by atoms with Crippen LogP contribution in [0.5, 0.6) is 0 Å². The zero-order chi connectivity index (χ0) is 32.4. The molecule has 2 aliphatic rings. The maximum Gasteiger partial charge on any atom is 0.100 e. The number of nitrogens with zero attached hydrogens (tertiary/aromatic N) is 1. The van der Waals surface area contributed by atoms with Crippen molar-refractivity contribution in [1.82, 2.24) is 5.32 Å². The summed E-state index contributed by atoms with van der Waals surface area (Å²) in [5.74, 6) is 0.266. The monoisotopic (exact) mass is 617 g/mol. The van der Waals surface area contributed by atoms with Crippen LogP contribution in [-0.4, -0.2) is 12.8 Å². The quantitative estimate of drug-likeness (QED) is 0.0727. The van der Waals surface area contributed by atoms with Crippen molar-refractivity contribution in [2.75, 3.05) is 17.6 Å². The van der Waals surface area contributed by atoms with Crippen LogP contribution in [0.3, 0.4) is 0 Å². The minimum Gasteiger partial charge on any atom is -0.398 e. The van der Waals surface area contributed by atoms with Crippen LogP contribution < -0.4 is 22.1 Å². The lowest BCUT2D eigenvalue weighted by molar-refractivity contribution is 0.561. The van der Waals surface area contributed by atoms with Gasteiger partial charge in [0.05, 0.1) is 11.4 Å². The Morgan fingerprint density at radius 1 is 0.936 bits per heavy atom. The molecule has 4 aromatic carbocycles. The predicted molar refractivity (Wildman–Crippen MR) is 201 cm³/mol. The fourth-order valence-electron chi connectivity index (χ4n) is 6.14.